The lowest BCUT2D eigenvalue weighted by molar-refractivity contribution is -0.274. The molecule has 2 aromatic carbocycles. The van der Waals surface area contributed by atoms with Crippen molar-refractivity contribution in [3.63, 3.8) is 0 Å². The van der Waals surface area contributed by atoms with Crippen LogP contribution in [0.25, 0.3) is 10.9 Å². The quantitative estimate of drug-likeness (QED) is 0.203. The lowest BCUT2D eigenvalue weighted by Gasteiger charge is -2.23. The van der Waals surface area contributed by atoms with E-state index in [9.17, 15) is 27.6 Å². The van der Waals surface area contributed by atoms with E-state index in [1.807, 2.05) is 18.2 Å². The Morgan fingerprint density at radius 1 is 0.976 bits per heavy atom. The van der Waals surface area contributed by atoms with Gasteiger partial charge in [-0.15, -0.1) is 13.2 Å². The van der Waals surface area contributed by atoms with Gasteiger partial charge in [-0.3, -0.25) is 14.4 Å². The van der Waals surface area contributed by atoms with Crippen LogP contribution in [0.2, 0.25) is 0 Å². The Morgan fingerprint density at radius 2 is 1.64 bits per heavy atom. The van der Waals surface area contributed by atoms with E-state index < -0.39 is 35.9 Å². The minimum Gasteiger partial charge on any atom is -0.406 e. The number of alkyl halides is 3. The third kappa shape index (κ3) is 10.0. The smallest absolute Gasteiger partial charge is 0.406 e. The van der Waals surface area contributed by atoms with Crippen LogP contribution < -0.4 is 27.3 Å². The van der Waals surface area contributed by atoms with E-state index in [-0.39, 0.29) is 44.7 Å². The molecule has 0 aliphatic rings. The number of nitrogens with one attached hydrogen (secondary N) is 1. The number of Topliss-reactive ketones (excluding diaryl/α,β-unsaturated/α-hetero) is 1. The fraction of sp³-hybridized carbons (Fsp3) is 0.393. The summed E-state index contributed by atoms with van der Waals surface area (Å²) in [5.41, 5.74) is 18.6. The second-order valence-corrected chi connectivity index (χ2v) is 9.60. The molecule has 0 radical (unpaired) electrons. The van der Waals surface area contributed by atoms with Crippen molar-refractivity contribution >= 4 is 28.5 Å². The molecular weight excluding hydrogens is 555 g/mol. The van der Waals surface area contributed by atoms with Crippen LogP contribution in [0.15, 0.2) is 54.6 Å². The lowest BCUT2D eigenvalue weighted by Crippen LogP contribution is -2.50. The molecule has 11 nitrogen and oxygen atoms in total. The molecular formula is C28H34F3N7O4. The molecule has 0 aliphatic carbocycles. The summed E-state index contributed by atoms with van der Waals surface area (Å²) in [6.45, 7) is 1.15. The third-order valence-corrected chi connectivity index (χ3v) is 6.36. The number of carbonyl (C=O) groups is 3. The molecule has 226 valence electrons. The van der Waals surface area contributed by atoms with E-state index >= 15 is 0 Å². The number of nitrogens with zero attached hydrogens (tertiary/aromatic N) is 3. The van der Waals surface area contributed by atoms with Gasteiger partial charge < -0.3 is 32.2 Å². The highest BCUT2D eigenvalue weighted by Gasteiger charge is 2.31. The first-order valence-corrected chi connectivity index (χ1v) is 13.3. The van der Waals surface area contributed by atoms with Crippen LogP contribution in [-0.4, -0.2) is 77.3 Å². The molecule has 2 atom stereocenters. The summed E-state index contributed by atoms with van der Waals surface area (Å²) in [5.74, 6) is -1.75. The monoisotopic (exact) mass is 589 g/mol. The summed E-state index contributed by atoms with van der Waals surface area (Å²) in [7, 11) is 0. The summed E-state index contributed by atoms with van der Waals surface area (Å²) < 4.78 is 41.5. The number of aromatic nitrogens is 2. The van der Waals surface area contributed by atoms with Crippen molar-refractivity contribution < 1.29 is 32.3 Å². The number of benzene rings is 2. The summed E-state index contributed by atoms with van der Waals surface area (Å²) in [4.78, 5) is 40.4. The summed E-state index contributed by atoms with van der Waals surface area (Å²) in [6.07, 6.45) is -5.07. The zero-order chi connectivity index (χ0) is 30.7. The van der Waals surface area contributed by atoms with Gasteiger partial charge in [-0.2, -0.15) is 10.2 Å². The molecule has 0 fully saturated rings. The van der Waals surface area contributed by atoms with Crippen molar-refractivity contribution in [3.05, 3.63) is 65.9 Å². The highest BCUT2D eigenvalue weighted by molar-refractivity contribution is 5.92. The fourth-order valence-electron chi connectivity index (χ4n) is 4.24. The van der Waals surface area contributed by atoms with E-state index in [0.717, 1.165) is 17.5 Å². The van der Waals surface area contributed by atoms with E-state index in [0.29, 0.717) is 29.9 Å². The van der Waals surface area contributed by atoms with Crippen LogP contribution in [0.4, 0.5) is 13.2 Å². The number of fused-ring (bicyclic) bond motifs is 1. The zero-order valence-electron chi connectivity index (χ0n) is 22.8. The average Bonchev–Trinajstić information content (AvgIpc) is 2.95. The lowest BCUT2D eigenvalue weighted by atomic mass is 9.98. The maximum Gasteiger partial charge on any atom is 0.573 e. The van der Waals surface area contributed by atoms with Gasteiger partial charge in [0.15, 0.2) is 5.78 Å². The molecule has 3 rings (SSSR count). The largest absolute Gasteiger partial charge is 0.573 e. The van der Waals surface area contributed by atoms with Gasteiger partial charge in [0.1, 0.15) is 5.75 Å². The van der Waals surface area contributed by atoms with Crippen molar-refractivity contribution in [2.45, 2.75) is 44.1 Å². The Balaban J connectivity index is 1.72. The number of halogens is 3. The van der Waals surface area contributed by atoms with Gasteiger partial charge in [0.2, 0.25) is 11.8 Å². The second-order valence-electron chi connectivity index (χ2n) is 9.60. The Hall–Kier alpha value is -4.14. The molecule has 3 aromatic rings. The normalized spacial score (nSPS) is 12.9. The van der Waals surface area contributed by atoms with Gasteiger partial charge in [-0.25, -0.2) is 0 Å². The van der Waals surface area contributed by atoms with Crippen LogP contribution in [-0.2, 0) is 27.2 Å². The van der Waals surface area contributed by atoms with Crippen molar-refractivity contribution in [2.24, 2.45) is 17.2 Å². The van der Waals surface area contributed by atoms with Crippen molar-refractivity contribution in [3.8, 4) is 5.75 Å². The number of carbonyl (C=O) groups excluding carboxylic acids is 3. The number of ketones is 1. The van der Waals surface area contributed by atoms with Gasteiger partial charge in [0.05, 0.1) is 29.7 Å². The highest BCUT2D eigenvalue weighted by atomic mass is 19.4. The Labute approximate surface area is 240 Å². The Bertz CT molecular complexity index is 1350. The first-order chi connectivity index (χ1) is 20.0. The minimum absolute atomic E-state index is 0.0108. The predicted octanol–water partition coefficient (Wildman–Crippen LogP) is 1.22. The van der Waals surface area contributed by atoms with Crippen LogP contribution in [0, 0.1) is 0 Å². The van der Waals surface area contributed by atoms with Crippen molar-refractivity contribution in [2.75, 3.05) is 26.2 Å². The first-order valence-electron chi connectivity index (χ1n) is 13.3. The molecule has 0 spiro atoms. The number of ether oxygens (including phenoxy) is 1. The number of nitrogens with two attached hydrogens (primary N) is 3. The molecule has 0 bridgehead atoms. The molecule has 2 amide bonds. The molecule has 42 heavy (non-hydrogen) atoms. The van der Waals surface area contributed by atoms with E-state index in [1.54, 1.807) is 12.1 Å². The Kier molecular flexibility index (Phi) is 11.7. The van der Waals surface area contributed by atoms with Crippen LogP contribution in [0.1, 0.15) is 24.1 Å². The zero-order valence-corrected chi connectivity index (χ0v) is 22.8. The van der Waals surface area contributed by atoms with Crippen LogP contribution in [0.3, 0.4) is 0 Å². The number of amides is 2. The first kappa shape index (κ1) is 32.4. The van der Waals surface area contributed by atoms with Crippen LogP contribution in [0.5, 0.6) is 5.75 Å². The van der Waals surface area contributed by atoms with Crippen LogP contribution >= 0.6 is 0 Å². The number of hydrogen-bond acceptors (Lipinski definition) is 9. The molecule has 0 unspecified atom stereocenters. The van der Waals surface area contributed by atoms with Gasteiger partial charge in [0, 0.05) is 38.0 Å². The SMILES string of the molecule is NCCN(CCN)C(=O)CC[C@H](N)C(=O)N[C@H](Cc1ccc(OC(F)(F)F)cc1)C(=O)Cc1cc2ccccc2nn1. The summed E-state index contributed by atoms with van der Waals surface area (Å²) >= 11 is 0. The fourth-order valence-corrected chi connectivity index (χ4v) is 4.24. The third-order valence-electron chi connectivity index (χ3n) is 6.36. The number of rotatable bonds is 15. The molecule has 1 heterocycles. The standard InChI is InChI=1S/C28H34F3N7O4/c29-28(30,31)42-21-7-5-18(6-8-21)15-24(25(39)17-20-16-19-3-1-2-4-23(19)37-36-20)35-27(41)22(34)9-10-26(40)38(13-11-32)14-12-33/h1-8,16,22,24H,9-15,17,32-34H2,(H,35,41)/t22-,24+/m0/s1. The summed E-state index contributed by atoms with van der Waals surface area (Å²) in [6, 6.07) is 11.7. The second kappa shape index (κ2) is 15.2. The van der Waals surface area contributed by atoms with Gasteiger partial charge >= 0.3 is 6.36 Å². The molecule has 0 saturated heterocycles. The maximum absolute atomic E-state index is 13.4. The Morgan fingerprint density at radius 3 is 2.29 bits per heavy atom. The maximum atomic E-state index is 13.4. The van der Waals surface area contributed by atoms with E-state index in [1.165, 1.54) is 17.0 Å². The molecule has 1 aromatic heterocycles. The minimum atomic E-state index is -4.85. The highest BCUT2D eigenvalue weighted by Crippen LogP contribution is 2.23. The molecule has 14 heteroatoms. The molecule has 7 N–H and O–H groups in total. The average molecular weight is 590 g/mol. The van der Waals surface area contributed by atoms with E-state index in [4.69, 9.17) is 17.2 Å². The van der Waals surface area contributed by atoms with Crippen molar-refractivity contribution in [1.29, 1.82) is 0 Å². The summed E-state index contributed by atoms with van der Waals surface area (Å²) in [5, 5.41) is 11.6. The van der Waals surface area contributed by atoms with Gasteiger partial charge in [-0.05, 0) is 42.7 Å². The topological polar surface area (TPSA) is 180 Å². The molecule has 0 saturated carbocycles. The number of hydrogen-bond donors (Lipinski definition) is 4. The van der Waals surface area contributed by atoms with Gasteiger partial charge in [-0.1, -0.05) is 30.3 Å². The van der Waals surface area contributed by atoms with Crippen molar-refractivity contribution in [1.82, 2.24) is 20.4 Å². The molecule has 0 aliphatic heterocycles. The predicted molar refractivity (Wildman–Crippen MR) is 149 cm³/mol. The van der Waals surface area contributed by atoms with E-state index in [2.05, 4.69) is 20.3 Å². The van der Waals surface area contributed by atoms with Gasteiger partial charge in [0.25, 0.3) is 0 Å².